The Morgan fingerprint density at radius 1 is 1.14 bits per heavy atom. The Morgan fingerprint density at radius 2 is 1.67 bits per heavy atom. The van der Waals surface area contributed by atoms with Gasteiger partial charge in [-0.05, 0) is 32.6 Å². The number of benzene rings is 1. The van der Waals surface area contributed by atoms with Crippen LogP contribution in [0.4, 0.5) is 23.2 Å². The van der Waals surface area contributed by atoms with Crippen LogP contribution in [0.25, 0.3) is 0 Å². The molecule has 0 aliphatic rings. The van der Waals surface area contributed by atoms with Gasteiger partial charge in [-0.1, -0.05) is 6.07 Å². The molecule has 0 aliphatic carbocycles. The van der Waals surface area contributed by atoms with Gasteiger partial charge in [0.2, 0.25) is 0 Å². The smallest absolute Gasteiger partial charge is 0.401 e. The highest BCUT2D eigenvalue weighted by atomic mass is 35.5. The summed E-state index contributed by atoms with van der Waals surface area (Å²) in [4.78, 5) is 0. The van der Waals surface area contributed by atoms with E-state index in [0.717, 1.165) is 19.1 Å². The Kier molecular flexibility index (Phi) is 5.25. The third-order valence-electron chi connectivity index (χ3n) is 2.71. The van der Waals surface area contributed by atoms with Crippen molar-refractivity contribution >= 4 is 37.6 Å². The van der Waals surface area contributed by atoms with Gasteiger partial charge in [0.25, 0.3) is 0 Å². The number of hydrogen-bond acceptors (Lipinski definition) is 2. The molecule has 0 saturated heterocycles. The first-order chi connectivity index (χ1) is 9.28. The number of alkyl halides is 3. The fourth-order valence-corrected chi connectivity index (χ4v) is 3.53. The van der Waals surface area contributed by atoms with Crippen LogP contribution in [-0.4, -0.2) is 14.5 Å². The third kappa shape index (κ3) is 4.25. The summed E-state index contributed by atoms with van der Waals surface area (Å²) < 4.78 is 60.2. The second-order valence-electron chi connectivity index (χ2n) is 5.64. The minimum Gasteiger partial charge on any atom is -0.401 e. The van der Waals surface area contributed by atoms with E-state index in [1.807, 2.05) is 0 Å². The summed E-state index contributed by atoms with van der Waals surface area (Å²) >= 11 is 10.8. The Hall–Kier alpha value is -0.503. The zero-order valence-corrected chi connectivity index (χ0v) is 14.4. The fraction of sp³-hybridized carbons (Fsp3) is 0.500. The van der Waals surface area contributed by atoms with E-state index in [1.165, 1.54) is 6.07 Å². The predicted molar refractivity (Wildman–Crippen MR) is 78.4 cm³/mol. The SMILES string of the molecule is CC(O[Si](C)(C)C)(c1ccc(N(Cl)Cl)cc1F)C(F)(F)F. The van der Waals surface area contributed by atoms with Crippen molar-refractivity contribution < 1.29 is 22.0 Å². The number of hydrogen-bond donors (Lipinski definition) is 0. The fourth-order valence-electron chi connectivity index (χ4n) is 1.87. The van der Waals surface area contributed by atoms with Crippen molar-refractivity contribution in [1.29, 1.82) is 0 Å². The Morgan fingerprint density at radius 3 is 2.00 bits per heavy atom. The van der Waals surface area contributed by atoms with Gasteiger partial charge in [-0.25, -0.2) is 4.39 Å². The monoisotopic (exact) mass is 363 g/mol. The lowest BCUT2D eigenvalue weighted by molar-refractivity contribution is -0.251. The molecule has 0 saturated carbocycles. The highest BCUT2D eigenvalue weighted by molar-refractivity contribution is 6.69. The molecule has 0 aliphatic heterocycles. The van der Waals surface area contributed by atoms with Crippen LogP contribution in [0.1, 0.15) is 12.5 Å². The molecule has 0 N–H and O–H groups in total. The first-order valence-corrected chi connectivity index (χ1v) is 10.0. The van der Waals surface area contributed by atoms with Crippen molar-refractivity contribution in [3.63, 3.8) is 0 Å². The molecule has 1 aromatic carbocycles. The van der Waals surface area contributed by atoms with Crippen LogP contribution in [0.15, 0.2) is 18.2 Å². The van der Waals surface area contributed by atoms with E-state index in [2.05, 4.69) is 0 Å². The molecule has 0 amide bonds. The van der Waals surface area contributed by atoms with E-state index in [0.29, 0.717) is 3.94 Å². The van der Waals surface area contributed by atoms with Crippen molar-refractivity contribution in [3.8, 4) is 0 Å². The predicted octanol–water partition coefficient (Wildman–Crippen LogP) is 5.57. The summed E-state index contributed by atoms with van der Waals surface area (Å²) in [5, 5.41) is 0. The Bertz CT molecular complexity index is 519. The van der Waals surface area contributed by atoms with Gasteiger partial charge in [0.1, 0.15) is 5.82 Å². The van der Waals surface area contributed by atoms with Crippen molar-refractivity contribution in [2.45, 2.75) is 38.3 Å². The van der Waals surface area contributed by atoms with Crippen LogP contribution in [0.3, 0.4) is 0 Å². The molecule has 2 nitrogen and oxygen atoms in total. The first-order valence-electron chi connectivity index (χ1n) is 5.96. The van der Waals surface area contributed by atoms with Gasteiger partial charge >= 0.3 is 6.18 Å². The van der Waals surface area contributed by atoms with Crippen LogP contribution in [0.2, 0.25) is 19.6 Å². The molecule has 0 spiro atoms. The quantitative estimate of drug-likeness (QED) is 0.394. The summed E-state index contributed by atoms with van der Waals surface area (Å²) in [6.07, 6.45) is -4.77. The lowest BCUT2D eigenvalue weighted by atomic mass is 9.94. The maximum absolute atomic E-state index is 14.1. The van der Waals surface area contributed by atoms with Gasteiger partial charge in [0.15, 0.2) is 13.9 Å². The zero-order chi connectivity index (χ0) is 16.6. The van der Waals surface area contributed by atoms with Gasteiger partial charge in [-0.15, -0.1) is 0 Å². The summed E-state index contributed by atoms with van der Waals surface area (Å²) in [6, 6.07) is 3.00. The number of rotatable bonds is 4. The number of halogens is 6. The van der Waals surface area contributed by atoms with Gasteiger partial charge in [0.05, 0.1) is 5.69 Å². The molecule has 21 heavy (non-hydrogen) atoms. The maximum Gasteiger partial charge on any atom is 0.420 e. The molecule has 1 aromatic rings. The summed E-state index contributed by atoms with van der Waals surface area (Å²) in [5.41, 5.74) is -3.31. The molecule has 120 valence electrons. The van der Waals surface area contributed by atoms with E-state index in [1.54, 1.807) is 19.6 Å². The Labute approximate surface area is 131 Å². The molecule has 0 radical (unpaired) electrons. The van der Waals surface area contributed by atoms with Crippen LogP contribution in [-0.2, 0) is 10.0 Å². The zero-order valence-electron chi connectivity index (χ0n) is 11.9. The van der Waals surface area contributed by atoms with Gasteiger partial charge in [-0.2, -0.15) is 17.1 Å². The van der Waals surface area contributed by atoms with Crippen molar-refractivity contribution in [1.82, 2.24) is 0 Å². The second-order valence-corrected chi connectivity index (χ2v) is 10.9. The van der Waals surface area contributed by atoms with Gasteiger partial charge < -0.3 is 4.43 Å². The van der Waals surface area contributed by atoms with E-state index in [9.17, 15) is 17.6 Å². The van der Waals surface area contributed by atoms with Gasteiger partial charge in [0, 0.05) is 35.2 Å². The largest absolute Gasteiger partial charge is 0.420 e. The van der Waals surface area contributed by atoms with Crippen molar-refractivity contribution in [3.05, 3.63) is 29.6 Å². The van der Waals surface area contributed by atoms with E-state index in [-0.39, 0.29) is 5.69 Å². The van der Waals surface area contributed by atoms with E-state index < -0.39 is 31.5 Å². The summed E-state index contributed by atoms with van der Waals surface area (Å²) in [6.45, 7) is 5.62. The number of anilines is 1. The number of nitrogens with zero attached hydrogens (tertiary/aromatic N) is 1. The first kappa shape index (κ1) is 18.5. The highest BCUT2D eigenvalue weighted by Crippen LogP contribution is 2.45. The summed E-state index contributed by atoms with van der Waals surface area (Å²) in [5.74, 6) is -1.09. The topological polar surface area (TPSA) is 12.5 Å². The molecule has 1 unspecified atom stereocenters. The van der Waals surface area contributed by atoms with Crippen LogP contribution >= 0.6 is 23.6 Å². The molecular formula is C12H15Cl2F4NOSi. The third-order valence-corrected chi connectivity index (χ3v) is 4.12. The minimum atomic E-state index is -4.77. The molecule has 0 bridgehead atoms. The van der Waals surface area contributed by atoms with Crippen molar-refractivity contribution in [2.75, 3.05) is 3.94 Å². The maximum atomic E-state index is 14.1. The standard InChI is InChI=1S/C12H15Cl2F4NOSi/c1-11(12(16,17)18,20-21(2,3)4)9-6-5-8(19(13)14)7-10(9)15/h5-7H,1-4H3. The Balaban J connectivity index is 3.41. The molecule has 0 aromatic heterocycles. The molecule has 0 heterocycles. The summed E-state index contributed by atoms with van der Waals surface area (Å²) in [7, 11) is -2.59. The molecule has 1 rings (SSSR count). The van der Waals surface area contributed by atoms with Crippen molar-refractivity contribution in [2.24, 2.45) is 0 Å². The molecule has 9 heteroatoms. The van der Waals surface area contributed by atoms with Gasteiger partial charge in [-0.3, -0.25) is 0 Å². The molecule has 0 fully saturated rings. The van der Waals surface area contributed by atoms with Crippen LogP contribution in [0, 0.1) is 5.82 Å². The molecule has 1 atom stereocenters. The minimum absolute atomic E-state index is 0.0251. The molecular weight excluding hydrogens is 349 g/mol. The average molecular weight is 364 g/mol. The average Bonchev–Trinajstić information content (AvgIpc) is 2.24. The lowest BCUT2D eigenvalue weighted by Gasteiger charge is -2.38. The highest BCUT2D eigenvalue weighted by Gasteiger charge is 2.56. The van der Waals surface area contributed by atoms with Crippen LogP contribution < -0.4 is 3.94 Å². The van der Waals surface area contributed by atoms with E-state index >= 15 is 0 Å². The van der Waals surface area contributed by atoms with Crippen LogP contribution in [0.5, 0.6) is 0 Å². The lowest BCUT2D eigenvalue weighted by Crippen LogP contribution is -2.49. The normalized spacial score (nSPS) is 15.7. The second kappa shape index (κ2) is 5.95. The van der Waals surface area contributed by atoms with E-state index in [4.69, 9.17) is 28.0 Å².